The topological polar surface area (TPSA) is 90.7 Å². The van der Waals surface area contributed by atoms with Crippen LogP contribution in [-0.4, -0.2) is 24.5 Å². The van der Waals surface area contributed by atoms with E-state index < -0.39 is 23.3 Å². The normalized spacial score (nSPS) is 10.1. The van der Waals surface area contributed by atoms with Crippen molar-refractivity contribution in [2.75, 3.05) is 19.0 Å². The van der Waals surface area contributed by atoms with Crippen molar-refractivity contribution in [3.8, 4) is 11.5 Å². The summed E-state index contributed by atoms with van der Waals surface area (Å²) in [6.45, 7) is -0.424. The first-order valence-electron chi connectivity index (χ1n) is 6.61. The van der Waals surface area contributed by atoms with E-state index in [0.29, 0.717) is 5.69 Å². The highest BCUT2D eigenvalue weighted by atomic mass is 35.5. The molecule has 0 unspecified atom stereocenters. The molecule has 0 spiro atoms. The van der Waals surface area contributed by atoms with Crippen molar-refractivity contribution in [3.05, 3.63) is 57.4 Å². The molecule has 0 saturated heterocycles. The van der Waals surface area contributed by atoms with Gasteiger partial charge in [-0.2, -0.15) is 0 Å². The van der Waals surface area contributed by atoms with Gasteiger partial charge in [0.2, 0.25) is 0 Å². The average molecular weight is 355 g/mol. The fourth-order valence-electron chi connectivity index (χ4n) is 1.81. The smallest absolute Gasteiger partial charge is 0.273 e. The lowest BCUT2D eigenvalue weighted by Gasteiger charge is -2.11. The quantitative estimate of drug-likeness (QED) is 0.634. The third kappa shape index (κ3) is 4.32. The van der Waals surface area contributed by atoms with Gasteiger partial charge in [0, 0.05) is 11.8 Å². The van der Waals surface area contributed by atoms with E-state index in [-0.39, 0.29) is 22.2 Å². The molecule has 0 fully saturated rings. The molecule has 0 aliphatic carbocycles. The summed E-state index contributed by atoms with van der Waals surface area (Å²) >= 11 is 5.62. The van der Waals surface area contributed by atoms with Crippen LogP contribution in [0.15, 0.2) is 36.4 Å². The molecule has 1 amide bonds. The Labute approximate surface area is 141 Å². The molecular formula is C15H12ClFN2O5. The van der Waals surface area contributed by atoms with Crippen LogP contribution in [0.4, 0.5) is 15.8 Å². The Balaban J connectivity index is 2.04. The number of methoxy groups -OCH3 is 1. The fourth-order valence-corrected chi connectivity index (χ4v) is 1.99. The predicted molar refractivity (Wildman–Crippen MR) is 85.2 cm³/mol. The number of non-ortho nitro benzene ring substituents is 1. The van der Waals surface area contributed by atoms with Crippen LogP contribution < -0.4 is 14.8 Å². The lowest BCUT2D eigenvalue weighted by atomic mass is 10.3. The highest BCUT2D eigenvalue weighted by Gasteiger charge is 2.14. The van der Waals surface area contributed by atoms with Crippen molar-refractivity contribution >= 4 is 28.9 Å². The average Bonchev–Trinajstić information content (AvgIpc) is 2.56. The molecule has 0 aliphatic heterocycles. The molecule has 2 rings (SSSR count). The van der Waals surface area contributed by atoms with E-state index in [9.17, 15) is 19.3 Å². The highest BCUT2D eigenvalue weighted by molar-refractivity contribution is 6.31. The molecule has 24 heavy (non-hydrogen) atoms. The van der Waals surface area contributed by atoms with E-state index in [1.54, 1.807) is 0 Å². The Morgan fingerprint density at radius 2 is 2.04 bits per heavy atom. The lowest BCUT2D eigenvalue weighted by Crippen LogP contribution is -2.20. The molecule has 0 aliphatic rings. The van der Waals surface area contributed by atoms with Crippen LogP contribution in [0.1, 0.15) is 0 Å². The van der Waals surface area contributed by atoms with E-state index in [1.165, 1.54) is 31.4 Å². The zero-order chi connectivity index (χ0) is 17.7. The molecule has 0 radical (unpaired) electrons. The summed E-state index contributed by atoms with van der Waals surface area (Å²) < 4.78 is 23.3. The summed E-state index contributed by atoms with van der Waals surface area (Å²) in [4.78, 5) is 22.0. The van der Waals surface area contributed by atoms with Crippen molar-refractivity contribution in [1.29, 1.82) is 0 Å². The Morgan fingerprint density at radius 1 is 1.29 bits per heavy atom. The number of anilines is 1. The molecule has 7 nitrogen and oxygen atoms in total. The second-order valence-electron chi connectivity index (χ2n) is 4.56. The van der Waals surface area contributed by atoms with Crippen LogP contribution in [-0.2, 0) is 4.79 Å². The molecule has 0 atom stereocenters. The maximum atomic E-state index is 13.1. The molecule has 0 saturated carbocycles. The zero-order valence-electron chi connectivity index (χ0n) is 12.4. The standard InChI is InChI=1S/C15H12ClFN2O5/c1-23-13-5-3-10(19(21)22)7-14(13)24-8-15(20)18-9-2-4-12(17)11(16)6-9/h2-7H,8H2,1H3,(H,18,20). The number of nitro groups is 1. The predicted octanol–water partition coefficient (Wildman–Crippen LogP) is 3.41. The second-order valence-corrected chi connectivity index (χ2v) is 4.97. The van der Waals surface area contributed by atoms with Crippen LogP contribution in [0.3, 0.4) is 0 Å². The van der Waals surface area contributed by atoms with Gasteiger partial charge in [-0.05, 0) is 24.3 Å². The third-order valence-corrected chi connectivity index (χ3v) is 3.21. The van der Waals surface area contributed by atoms with Crippen molar-refractivity contribution < 1.29 is 23.6 Å². The van der Waals surface area contributed by atoms with E-state index in [1.807, 2.05) is 0 Å². The lowest BCUT2D eigenvalue weighted by molar-refractivity contribution is -0.385. The van der Waals surface area contributed by atoms with Gasteiger partial charge in [-0.15, -0.1) is 0 Å². The monoisotopic (exact) mass is 354 g/mol. The van der Waals surface area contributed by atoms with Gasteiger partial charge in [0.05, 0.1) is 23.1 Å². The number of hydrogen-bond donors (Lipinski definition) is 1. The maximum Gasteiger partial charge on any atom is 0.273 e. The second kappa shape index (κ2) is 7.60. The summed E-state index contributed by atoms with van der Waals surface area (Å²) in [6, 6.07) is 7.48. The molecule has 2 aromatic carbocycles. The number of nitrogens with one attached hydrogen (secondary N) is 1. The first kappa shape index (κ1) is 17.5. The first-order chi connectivity index (χ1) is 11.4. The maximum absolute atomic E-state index is 13.1. The van der Waals surface area contributed by atoms with Crippen LogP contribution in [0.25, 0.3) is 0 Å². The van der Waals surface area contributed by atoms with Crippen LogP contribution in [0, 0.1) is 15.9 Å². The van der Waals surface area contributed by atoms with Gasteiger partial charge in [-0.1, -0.05) is 11.6 Å². The molecule has 9 heteroatoms. The minimum atomic E-state index is -0.604. The van der Waals surface area contributed by atoms with E-state index in [4.69, 9.17) is 21.1 Å². The number of halogens is 2. The van der Waals surface area contributed by atoms with E-state index >= 15 is 0 Å². The van der Waals surface area contributed by atoms with Gasteiger partial charge in [0.25, 0.3) is 11.6 Å². The number of rotatable bonds is 6. The summed E-state index contributed by atoms with van der Waals surface area (Å²) in [5.74, 6) is -0.851. The molecule has 0 bridgehead atoms. The van der Waals surface area contributed by atoms with Gasteiger partial charge in [-0.25, -0.2) is 4.39 Å². The number of nitrogens with zero attached hydrogens (tertiary/aromatic N) is 1. The Kier molecular flexibility index (Phi) is 5.54. The van der Waals surface area contributed by atoms with Crippen molar-refractivity contribution in [2.24, 2.45) is 0 Å². The third-order valence-electron chi connectivity index (χ3n) is 2.92. The van der Waals surface area contributed by atoms with E-state index in [2.05, 4.69) is 5.32 Å². The number of nitro benzene ring substituents is 1. The largest absolute Gasteiger partial charge is 0.493 e. The van der Waals surface area contributed by atoms with Gasteiger partial charge >= 0.3 is 0 Å². The number of hydrogen-bond acceptors (Lipinski definition) is 5. The number of carbonyl (C=O) groups excluding carboxylic acids is 1. The molecule has 0 heterocycles. The minimum Gasteiger partial charge on any atom is -0.493 e. The number of ether oxygens (including phenoxy) is 2. The van der Waals surface area contributed by atoms with Crippen molar-refractivity contribution in [3.63, 3.8) is 0 Å². The van der Waals surface area contributed by atoms with Crippen LogP contribution in [0.2, 0.25) is 5.02 Å². The minimum absolute atomic E-state index is 0.0546. The molecule has 1 N–H and O–H groups in total. The highest BCUT2D eigenvalue weighted by Crippen LogP contribution is 2.31. The molecule has 0 aromatic heterocycles. The van der Waals surface area contributed by atoms with Gasteiger partial charge in [0.1, 0.15) is 5.82 Å². The SMILES string of the molecule is COc1ccc([N+](=O)[O-])cc1OCC(=O)Nc1ccc(F)c(Cl)c1. The number of carbonyl (C=O) groups is 1. The van der Waals surface area contributed by atoms with Gasteiger partial charge in [-0.3, -0.25) is 14.9 Å². The molecule has 126 valence electrons. The van der Waals surface area contributed by atoms with Gasteiger partial charge in [0.15, 0.2) is 18.1 Å². The summed E-state index contributed by atoms with van der Waals surface area (Å²) in [7, 11) is 1.37. The molecule has 2 aromatic rings. The van der Waals surface area contributed by atoms with Crippen LogP contribution in [0.5, 0.6) is 11.5 Å². The number of amides is 1. The van der Waals surface area contributed by atoms with Crippen LogP contribution >= 0.6 is 11.6 Å². The zero-order valence-corrected chi connectivity index (χ0v) is 13.2. The summed E-state index contributed by atoms with van der Waals surface area (Å²) in [5, 5.41) is 13.1. The number of benzene rings is 2. The first-order valence-corrected chi connectivity index (χ1v) is 6.98. The summed E-state index contributed by atoms with van der Waals surface area (Å²) in [5.41, 5.74) is 0.0949. The summed E-state index contributed by atoms with van der Waals surface area (Å²) in [6.07, 6.45) is 0. The van der Waals surface area contributed by atoms with Gasteiger partial charge < -0.3 is 14.8 Å². The molecular weight excluding hydrogens is 343 g/mol. The Bertz CT molecular complexity index is 784. The van der Waals surface area contributed by atoms with Crippen molar-refractivity contribution in [2.45, 2.75) is 0 Å². The van der Waals surface area contributed by atoms with Crippen molar-refractivity contribution in [1.82, 2.24) is 0 Å². The Morgan fingerprint density at radius 3 is 2.67 bits per heavy atom. The Hall–Kier alpha value is -2.87. The fraction of sp³-hybridized carbons (Fsp3) is 0.133. The van der Waals surface area contributed by atoms with E-state index in [0.717, 1.165) is 12.1 Å².